The van der Waals surface area contributed by atoms with Gasteiger partial charge in [0, 0.05) is 38.6 Å². The van der Waals surface area contributed by atoms with Crippen LogP contribution in [0.4, 0.5) is 13.2 Å². The van der Waals surface area contributed by atoms with Crippen molar-refractivity contribution in [2.75, 3.05) is 32.7 Å². The average Bonchev–Trinajstić information content (AvgIpc) is 2.26. The van der Waals surface area contributed by atoms with Crippen LogP contribution in [0.25, 0.3) is 0 Å². The van der Waals surface area contributed by atoms with E-state index < -0.39 is 12.6 Å². The van der Waals surface area contributed by atoms with Crippen molar-refractivity contribution in [2.45, 2.75) is 45.3 Å². The van der Waals surface area contributed by atoms with Gasteiger partial charge in [-0.3, -0.25) is 0 Å². The van der Waals surface area contributed by atoms with Gasteiger partial charge < -0.3 is 16.0 Å². The zero-order valence-corrected chi connectivity index (χ0v) is 12.5. The fourth-order valence-corrected chi connectivity index (χ4v) is 2.87. The molecule has 0 aromatic heterocycles. The zero-order chi connectivity index (χ0) is 15.2. The minimum atomic E-state index is -4.07. The molecule has 6 heteroatoms. The molecule has 3 nitrogen and oxygen atoms in total. The van der Waals surface area contributed by atoms with Gasteiger partial charge in [0.05, 0.1) is 0 Å². The summed E-state index contributed by atoms with van der Waals surface area (Å²) in [5.74, 6) is 0.295. The lowest BCUT2D eigenvalue weighted by atomic mass is 9.91. The van der Waals surface area contributed by atoms with Crippen LogP contribution in [0.2, 0.25) is 0 Å². The lowest BCUT2D eigenvalue weighted by molar-refractivity contribution is -0.148. The van der Waals surface area contributed by atoms with Gasteiger partial charge in [0.25, 0.3) is 0 Å². The molecule has 0 amide bonds. The average molecular weight is 295 g/mol. The fourth-order valence-electron chi connectivity index (χ4n) is 2.87. The van der Waals surface area contributed by atoms with Crippen LogP contribution in [0.15, 0.2) is 0 Å². The summed E-state index contributed by atoms with van der Waals surface area (Å²) in [6.07, 6.45) is -3.09. The van der Waals surface area contributed by atoms with E-state index in [2.05, 4.69) is 24.1 Å². The molecule has 0 aliphatic carbocycles. The van der Waals surface area contributed by atoms with Gasteiger partial charge in [-0.2, -0.15) is 13.2 Å². The van der Waals surface area contributed by atoms with Crippen LogP contribution in [0.5, 0.6) is 0 Å². The van der Waals surface area contributed by atoms with E-state index >= 15 is 0 Å². The Morgan fingerprint density at radius 2 is 2.00 bits per heavy atom. The predicted molar refractivity (Wildman–Crippen MR) is 75.5 cm³/mol. The van der Waals surface area contributed by atoms with Crippen LogP contribution in [-0.4, -0.2) is 49.8 Å². The number of halogens is 3. The highest BCUT2D eigenvalue weighted by atomic mass is 19.4. The van der Waals surface area contributed by atoms with Crippen molar-refractivity contribution in [3.05, 3.63) is 0 Å². The number of nitrogens with zero attached hydrogens (tertiary/aromatic N) is 1. The smallest absolute Gasteiger partial charge is 0.329 e. The van der Waals surface area contributed by atoms with Crippen LogP contribution in [0.1, 0.15) is 33.1 Å². The van der Waals surface area contributed by atoms with Gasteiger partial charge in [0.2, 0.25) is 0 Å². The molecule has 1 heterocycles. The van der Waals surface area contributed by atoms with Crippen molar-refractivity contribution < 1.29 is 13.2 Å². The SMILES string of the molecule is CC(C)CCNC1CC(CC(F)(F)F)CN(CCN)C1. The van der Waals surface area contributed by atoms with E-state index in [4.69, 9.17) is 5.73 Å². The van der Waals surface area contributed by atoms with Crippen LogP contribution in [-0.2, 0) is 0 Å². The third-order valence-electron chi connectivity index (χ3n) is 3.73. The van der Waals surface area contributed by atoms with E-state index in [-0.39, 0.29) is 12.0 Å². The summed E-state index contributed by atoms with van der Waals surface area (Å²) in [5, 5.41) is 3.41. The molecule has 1 fully saturated rings. The summed E-state index contributed by atoms with van der Waals surface area (Å²) >= 11 is 0. The molecule has 2 unspecified atom stereocenters. The molecule has 3 N–H and O–H groups in total. The second-order valence-electron chi connectivity index (χ2n) is 6.30. The quantitative estimate of drug-likeness (QED) is 0.757. The highest BCUT2D eigenvalue weighted by Crippen LogP contribution is 2.30. The van der Waals surface area contributed by atoms with E-state index in [1.165, 1.54) is 0 Å². The molecule has 1 saturated heterocycles. The number of hydrogen-bond donors (Lipinski definition) is 2. The Hall–Kier alpha value is -0.330. The Morgan fingerprint density at radius 1 is 1.30 bits per heavy atom. The van der Waals surface area contributed by atoms with Crippen molar-refractivity contribution in [1.29, 1.82) is 0 Å². The maximum atomic E-state index is 12.6. The molecule has 0 radical (unpaired) electrons. The first-order chi connectivity index (χ1) is 9.30. The summed E-state index contributed by atoms with van der Waals surface area (Å²) < 4.78 is 37.7. The number of nitrogens with two attached hydrogens (primary N) is 1. The number of alkyl halides is 3. The normalized spacial score (nSPS) is 25.4. The lowest BCUT2D eigenvalue weighted by Gasteiger charge is -2.38. The molecular weight excluding hydrogens is 267 g/mol. The van der Waals surface area contributed by atoms with Gasteiger partial charge in [-0.25, -0.2) is 0 Å². The molecule has 20 heavy (non-hydrogen) atoms. The monoisotopic (exact) mass is 295 g/mol. The maximum absolute atomic E-state index is 12.6. The maximum Gasteiger partial charge on any atom is 0.389 e. The Morgan fingerprint density at radius 3 is 2.55 bits per heavy atom. The summed E-state index contributed by atoms with van der Waals surface area (Å²) in [7, 11) is 0. The van der Waals surface area contributed by atoms with E-state index in [0.717, 1.165) is 19.5 Å². The number of hydrogen-bond acceptors (Lipinski definition) is 3. The Bertz CT molecular complexity index is 269. The highest BCUT2D eigenvalue weighted by Gasteiger charge is 2.36. The molecule has 0 aromatic rings. The fraction of sp³-hybridized carbons (Fsp3) is 1.00. The van der Waals surface area contributed by atoms with Crippen molar-refractivity contribution in [3.63, 3.8) is 0 Å². The van der Waals surface area contributed by atoms with Gasteiger partial charge in [-0.15, -0.1) is 0 Å². The first-order valence-corrected chi connectivity index (χ1v) is 7.52. The molecule has 0 spiro atoms. The van der Waals surface area contributed by atoms with Crippen LogP contribution in [0.3, 0.4) is 0 Å². The number of likely N-dealkylation sites (tertiary alicyclic amines) is 1. The Balaban J connectivity index is 2.47. The molecule has 0 aromatic carbocycles. The summed E-state index contributed by atoms with van der Waals surface area (Å²) in [5.41, 5.74) is 5.53. The topological polar surface area (TPSA) is 41.3 Å². The van der Waals surface area contributed by atoms with Gasteiger partial charge >= 0.3 is 6.18 Å². The molecule has 120 valence electrons. The van der Waals surface area contributed by atoms with E-state index in [1.54, 1.807) is 0 Å². The molecule has 1 rings (SSSR count). The van der Waals surface area contributed by atoms with Crippen LogP contribution < -0.4 is 11.1 Å². The van der Waals surface area contributed by atoms with Gasteiger partial charge in [-0.1, -0.05) is 13.8 Å². The van der Waals surface area contributed by atoms with Crippen molar-refractivity contribution in [2.24, 2.45) is 17.6 Å². The predicted octanol–water partition coefficient (Wildman–Crippen LogP) is 2.22. The van der Waals surface area contributed by atoms with Gasteiger partial charge in [-0.05, 0) is 31.2 Å². The lowest BCUT2D eigenvalue weighted by Crippen LogP contribution is -2.51. The molecule has 0 bridgehead atoms. The summed E-state index contributed by atoms with van der Waals surface area (Å²) in [6.45, 7) is 7.67. The van der Waals surface area contributed by atoms with Gasteiger partial charge in [0.15, 0.2) is 0 Å². The molecule has 1 aliphatic rings. The van der Waals surface area contributed by atoms with E-state index in [9.17, 15) is 13.2 Å². The summed E-state index contributed by atoms with van der Waals surface area (Å²) in [4.78, 5) is 2.06. The first-order valence-electron chi connectivity index (χ1n) is 7.52. The van der Waals surface area contributed by atoms with Crippen LogP contribution >= 0.6 is 0 Å². The van der Waals surface area contributed by atoms with Crippen LogP contribution in [0, 0.1) is 11.8 Å². The number of rotatable bonds is 7. The second kappa shape index (κ2) is 8.20. The number of nitrogens with one attached hydrogen (secondary N) is 1. The number of piperidine rings is 1. The highest BCUT2D eigenvalue weighted by molar-refractivity contribution is 4.84. The summed E-state index contributed by atoms with van der Waals surface area (Å²) in [6, 6.07) is 0.154. The minimum absolute atomic E-state index is 0.154. The third kappa shape index (κ3) is 7.45. The van der Waals surface area contributed by atoms with E-state index in [0.29, 0.717) is 32.0 Å². The molecular formula is C14H28F3N3. The Labute approximate surface area is 120 Å². The first kappa shape index (κ1) is 17.7. The minimum Gasteiger partial charge on any atom is -0.329 e. The third-order valence-corrected chi connectivity index (χ3v) is 3.73. The molecule has 2 atom stereocenters. The second-order valence-corrected chi connectivity index (χ2v) is 6.30. The largest absolute Gasteiger partial charge is 0.389 e. The van der Waals surface area contributed by atoms with Crippen molar-refractivity contribution in [3.8, 4) is 0 Å². The standard InChI is InChI=1S/C14H28F3N3/c1-11(2)3-5-19-13-7-12(8-14(15,16)17)9-20(10-13)6-4-18/h11-13,19H,3-10,18H2,1-2H3. The molecule has 1 aliphatic heterocycles. The van der Waals surface area contributed by atoms with E-state index in [1.807, 2.05) is 0 Å². The Kier molecular flexibility index (Phi) is 7.26. The van der Waals surface area contributed by atoms with Gasteiger partial charge in [0.1, 0.15) is 0 Å². The molecule has 0 saturated carbocycles. The van der Waals surface area contributed by atoms with Crippen molar-refractivity contribution >= 4 is 0 Å². The zero-order valence-electron chi connectivity index (χ0n) is 12.5. The van der Waals surface area contributed by atoms with Crippen molar-refractivity contribution in [1.82, 2.24) is 10.2 Å².